The van der Waals surface area contributed by atoms with Crippen LogP contribution < -0.4 is 19.3 Å². The van der Waals surface area contributed by atoms with Crippen molar-refractivity contribution >= 4 is 16.0 Å². The van der Waals surface area contributed by atoms with Gasteiger partial charge in [0.1, 0.15) is 0 Å². The summed E-state index contributed by atoms with van der Waals surface area (Å²) < 4.78 is 37.7. The van der Waals surface area contributed by atoms with Gasteiger partial charge in [0.2, 0.25) is 10.0 Å². The minimum absolute atomic E-state index is 0.0800. The first-order valence-electron chi connectivity index (χ1n) is 6.94. The van der Waals surface area contributed by atoms with Crippen molar-refractivity contribution in [2.45, 2.75) is 31.2 Å². The van der Waals surface area contributed by atoms with Gasteiger partial charge >= 0.3 is 0 Å². The second kappa shape index (κ2) is 6.53. The Bertz CT molecular complexity index is 655. The number of rotatable bonds is 5. The average molecular weight is 328 g/mol. The Hall–Kier alpha value is -1.80. The number of carboxylic acids is 1. The van der Waals surface area contributed by atoms with E-state index in [2.05, 4.69) is 4.72 Å². The molecule has 122 valence electrons. The summed E-state index contributed by atoms with van der Waals surface area (Å²) in [7, 11) is -4.00. The normalized spacial score (nSPS) is 16.1. The molecule has 1 N–H and O–H groups in total. The first kappa shape index (κ1) is 16.6. The molecule has 8 heteroatoms. The number of ether oxygens (including phenoxy) is 2. The standard InChI is InChI=1S/C14H19NO6S/c1-9(2)13(14(16)17)15-22(18,19)10-4-5-11-12(8-10)21-7-3-6-20-11/h4-5,8-9,13,15H,3,6-7H2,1-2H3,(H,16,17)/p-1/t13-/m0/s1. The SMILES string of the molecule is CC(C)[C@H](NS(=O)(=O)c1ccc2c(c1)OCCCO2)C(=O)[O-]. The van der Waals surface area contributed by atoms with E-state index < -0.39 is 28.0 Å². The van der Waals surface area contributed by atoms with E-state index in [0.717, 1.165) is 0 Å². The van der Waals surface area contributed by atoms with Gasteiger partial charge in [0.15, 0.2) is 11.5 Å². The van der Waals surface area contributed by atoms with Crippen LogP contribution in [0.2, 0.25) is 0 Å². The Morgan fingerprint density at radius 3 is 2.45 bits per heavy atom. The molecule has 2 rings (SSSR count). The number of carbonyl (C=O) groups is 1. The van der Waals surface area contributed by atoms with Crippen molar-refractivity contribution in [1.82, 2.24) is 4.72 Å². The molecule has 1 aliphatic rings. The zero-order valence-corrected chi connectivity index (χ0v) is 13.2. The molecule has 1 heterocycles. The van der Waals surface area contributed by atoms with Crippen LogP contribution in [0.25, 0.3) is 0 Å². The summed E-state index contributed by atoms with van der Waals surface area (Å²) >= 11 is 0. The van der Waals surface area contributed by atoms with Crippen LogP contribution in [0.15, 0.2) is 23.1 Å². The lowest BCUT2D eigenvalue weighted by Crippen LogP contribution is -2.50. The minimum Gasteiger partial charge on any atom is -0.548 e. The molecule has 7 nitrogen and oxygen atoms in total. The first-order chi connectivity index (χ1) is 10.3. The molecule has 0 aliphatic carbocycles. The third-order valence-electron chi connectivity index (χ3n) is 3.23. The maximum Gasteiger partial charge on any atom is 0.241 e. The van der Waals surface area contributed by atoms with Crippen molar-refractivity contribution in [3.8, 4) is 11.5 Å². The largest absolute Gasteiger partial charge is 0.548 e. The van der Waals surface area contributed by atoms with Gasteiger partial charge < -0.3 is 19.4 Å². The molecule has 0 aromatic heterocycles. The molecule has 1 aromatic carbocycles. The summed E-state index contributed by atoms with van der Waals surface area (Å²) in [6, 6.07) is 2.87. The second-order valence-corrected chi connectivity index (χ2v) is 7.04. The number of hydrogen-bond donors (Lipinski definition) is 1. The predicted octanol–water partition coefficient (Wildman–Crippen LogP) is -0.0993. The van der Waals surface area contributed by atoms with Crippen LogP contribution in [0, 0.1) is 5.92 Å². The molecule has 0 unspecified atom stereocenters. The molecule has 0 radical (unpaired) electrons. The smallest absolute Gasteiger partial charge is 0.241 e. The third kappa shape index (κ3) is 3.69. The highest BCUT2D eigenvalue weighted by Crippen LogP contribution is 2.31. The average Bonchev–Trinajstić information content (AvgIpc) is 2.68. The number of carbonyl (C=O) groups excluding carboxylic acids is 1. The van der Waals surface area contributed by atoms with E-state index in [-0.39, 0.29) is 4.90 Å². The topological polar surface area (TPSA) is 105 Å². The molecule has 1 aromatic rings. The monoisotopic (exact) mass is 328 g/mol. The van der Waals surface area contributed by atoms with Crippen molar-refractivity contribution in [2.24, 2.45) is 5.92 Å². The molecule has 0 fully saturated rings. The Balaban J connectivity index is 2.29. The zero-order valence-electron chi connectivity index (χ0n) is 12.4. The molecular weight excluding hydrogens is 310 g/mol. The Labute approximate surface area is 129 Å². The van der Waals surface area contributed by atoms with E-state index in [1.165, 1.54) is 18.2 Å². The zero-order chi connectivity index (χ0) is 16.3. The Morgan fingerprint density at radius 2 is 1.86 bits per heavy atom. The van der Waals surface area contributed by atoms with Gasteiger partial charge in [-0.15, -0.1) is 0 Å². The Morgan fingerprint density at radius 1 is 1.23 bits per heavy atom. The maximum atomic E-state index is 12.3. The van der Waals surface area contributed by atoms with Crippen LogP contribution >= 0.6 is 0 Å². The molecule has 0 amide bonds. The number of nitrogens with one attached hydrogen (secondary N) is 1. The lowest BCUT2D eigenvalue weighted by molar-refractivity contribution is -0.309. The minimum atomic E-state index is -4.00. The quantitative estimate of drug-likeness (QED) is 0.809. The number of benzene rings is 1. The van der Waals surface area contributed by atoms with Crippen LogP contribution in [0.1, 0.15) is 20.3 Å². The summed E-state index contributed by atoms with van der Waals surface area (Å²) in [4.78, 5) is 11.0. The molecule has 0 saturated carbocycles. The van der Waals surface area contributed by atoms with Crippen molar-refractivity contribution < 1.29 is 27.8 Å². The lowest BCUT2D eigenvalue weighted by Gasteiger charge is -2.23. The van der Waals surface area contributed by atoms with Gasteiger partial charge in [0.05, 0.1) is 30.1 Å². The molecule has 22 heavy (non-hydrogen) atoms. The van der Waals surface area contributed by atoms with Crippen molar-refractivity contribution in [2.75, 3.05) is 13.2 Å². The van der Waals surface area contributed by atoms with Crippen LogP contribution in [-0.4, -0.2) is 33.6 Å². The number of fused-ring (bicyclic) bond motifs is 1. The maximum absolute atomic E-state index is 12.3. The number of aliphatic carboxylic acids is 1. The van der Waals surface area contributed by atoms with Gasteiger partial charge in [-0.1, -0.05) is 13.8 Å². The highest BCUT2D eigenvalue weighted by molar-refractivity contribution is 7.89. The van der Waals surface area contributed by atoms with E-state index >= 15 is 0 Å². The summed E-state index contributed by atoms with van der Waals surface area (Å²) in [5.74, 6) is -1.11. The fourth-order valence-corrected chi connectivity index (χ4v) is 3.35. The van der Waals surface area contributed by atoms with Crippen LogP contribution in [0.5, 0.6) is 11.5 Å². The van der Waals surface area contributed by atoms with Crippen molar-refractivity contribution in [1.29, 1.82) is 0 Å². The molecule has 1 aliphatic heterocycles. The fourth-order valence-electron chi connectivity index (χ4n) is 2.00. The van der Waals surface area contributed by atoms with Gasteiger partial charge in [0, 0.05) is 12.5 Å². The van der Waals surface area contributed by atoms with E-state index in [1.807, 2.05) is 0 Å². The lowest BCUT2D eigenvalue weighted by atomic mass is 10.1. The van der Waals surface area contributed by atoms with E-state index in [1.54, 1.807) is 13.8 Å². The second-order valence-electron chi connectivity index (χ2n) is 5.32. The fraction of sp³-hybridized carbons (Fsp3) is 0.500. The van der Waals surface area contributed by atoms with Gasteiger partial charge in [-0.05, 0) is 18.1 Å². The van der Waals surface area contributed by atoms with Gasteiger partial charge in [0.25, 0.3) is 0 Å². The van der Waals surface area contributed by atoms with E-state index in [4.69, 9.17) is 9.47 Å². The van der Waals surface area contributed by atoms with Gasteiger partial charge in [-0.2, -0.15) is 0 Å². The highest BCUT2D eigenvalue weighted by Gasteiger charge is 2.25. The van der Waals surface area contributed by atoms with E-state index in [0.29, 0.717) is 31.1 Å². The summed E-state index contributed by atoms with van der Waals surface area (Å²) in [6.45, 7) is 4.11. The molecule has 1 atom stereocenters. The number of sulfonamides is 1. The summed E-state index contributed by atoms with van der Waals surface area (Å²) in [5, 5.41) is 11.0. The highest BCUT2D eigenvalue weighted by atomic mass is 32.2. The first-order valence-corrected chi connectivity index (χ1v) is 8.42. The summed E-state index contributed by atoms with van der Waals surface area (Å²) in [6.07, 6.45) is 0.703. The van der Waals surface area contributed by atoms with Crippen LogP contribution in [0.3, 0.4) is 0 Å². The third-order valence-corrected chi connectivity index (χ3v) is 4.67. The number of hydrogen-bond acceptors (Lipinski definition) is 6. The number of carboxylic acid groups (broad SMARTS) is 1. The molecular formula is C14H18NO6S-. The van der Waals surface area contributed by atoms with Crippen LogP contribution in [-0.2, 0) is 14.8 Å². The van der Waals surface area contributed by atoms with Gasteiger partial charge in [-0.3, -0.25) is 0 Å². The molecule has 0 bridgehead atoms. The van der Waals surface area contributed by atoms with E-state index in [9.17, 15) is 18.3 Å². The Kier molecular flexibility index (Phi) is 4.92. The van der Waals surface area contributed by atoms with Crippen molar-refractivity contribution in [3.05, 3.63) is 18.2 Å². The molecule has 0 spiro atoms. The van der Waals surface area contributed by atoms with Gasteiger partial charge in [-0.25, -0.2) is 13.1 Å². The van der Waals surface area contributed by atoms with Crippen LogP contribution in [0.4, 0.5) is 0 Å². The van der Waals surface area contributed by atoms with Crippen molar-refractivity contribution in [3.63, 3.8) is 0 Å². The predicted molar refractivity (Wildman–Crippen MR) is 76.0 cm³/mol. The summed E-state index contributed by atoms with van der Waals surface area (Å²) in [5.41, 5.74) is 0. The molecule has 0 saturated heterocycles.